The molecule has 10 heteroatoms. The van der Waals surface area contributed by atoms with Crippen molar-refractivity contribution in [2.24, 2.45) is 0 Å². The number of benzene rings is 2. The molecule has 1 fully saturated rings. The number of β-amino-alcohol motifs (C(OH)–C–C–N with tert-alkyl or cyclic N) is 1. The number of aliphatic hydroxyl groups excluding tert-OH is 1. The SMILES string of the molecule is O=S(=O)(c1ccc2c(c1)OCCO2)N1CCN(C[C@@H](O)COc2ccccc2F)CC1. The van der Waals surface area contributed by atoms with Gasteiger partial charge in [0.15, 0.2) is 23.1 Å². The van der Waals surface area contributed by atoms with Crippen LogP contribution in [0.3, 0.4) is 0 Å². The van der Waals surface area contributed by atoms with Gasteiger partial charge in [-0.2, -0.15) is 4.31 Å². The number of aliphatic hydroxyl groups is 1. The van der Waals surface area contributed by atoms with Gasteiger partial charge >= 0.3 is 0 Å². The number of halogens is 1. The first kappa shape index (κ1) is 21.8. The van der Waals surface area contributed by atoms with E-state index in [2.05, 4.69) is 0 Å². The molecule has 0 aliphatic carbocycles. The van der Waals surface area contributed by atoms with Crippen LogP contribution in [-0.4, -0.2) is 81.4 Å². The molecule has 0 radical (unpaired) electrons. The third kappa shape index (κ3) is 5.09. The Labute approximate surface area is 180 Å². The Hall–Kier alpha value is -2.40. The largest absolute Gasteiger partial charge is 0.488 e. The number of sulfonamides is 1. The summed E-state index contributed by atoms with van der Waals surface area (Å²) in [5.74, 6) is 0.593. The van der Waals surface area contributed by atoms with Crippen molar-refractivity contribution in [1.29, 1.82) is 0 Å². The van der Waals surface area contributed by atoms with Crippen LogP contribution in [0.25, 0.3) is 0 Å². The van der Waals surface area contributed by atoms with Gasteiger partial charge in [0.2, 0.25) is 10.0 Å². The fraction of sp³-hybridized carbons (Fsp3) is 0.429. The van der Waals surface area contributed by atoms with Gasteiger partial charge in [0, 0.05) is 38.8 Å². The molecule has 0 amide bonds. The topological polar surface area (TPSA) is 88.5 Å². The highest BCUT2D eigenvalue weighted by Gasteiger charge is 2.30. The number of nitrogens with zero attached hydrogens (tertiary/aromatic N) is 2. The molecule has 0 bridgehead atoms. The maximum atomic E-state index is 13.6. The van der Waals surface area contributed by atoms with Crippen LogP contribution in [0.2, 0.25) is 0 Å². The number of rotatable bonds is 7. The third-order valence-electron chi connectivity index (χ3n) is 5.22. The molecule has 0 spiro atoms. The highest BCUT2D eigenvalue weighted by atomic mass is 32.2. The quantitative estimate of drug-likeness (QED) is 0.678. The molecule has 0 aromatic heterocycles. The molecule has 2 aliphatic rings. The molecule has 1 N–H and O–H groups in total. The molecule has 4 rings (SSSR count). The molecule has 8 nitrogen and oxygen atoms in total. The maximum Gasteiger partial charge on any atom is 0.243 e. The van der Waals surface area contributed by atoms with Gasteiger partial charge < -0.3 is 19.3 Å². The number of fused-ring (bicyclic) bond motifs is 1. The average Bonchev–Trinajstić information content (AvgIpc) is 2.78. The second-order valence-corrected chi connectivity index (χ2v) is 9.34. The van der Waals surface area contributed by atoms with Gasteiger partial charge in [-0.15, -0.1) is 0 Å². The van der Waals surface area contributed by atoms with Crippen LogP contribution in [0.15, 0.2) is 47.4 Å². The highest BCUT2D eigenvalue weighted by molar-refractivity contribution is 7.89. The average molecular weight is 453 g/mol. The minimum absolute atomic E-state index is 0.0450. The first-order chi connectivity index (χ1) is 14.9. The Bertz CT molecular complexity index is 1010. The van der Waals surface area contributed by atoms with Crippen LogP contribution in [0.1, 0.15) is 0 Å². The van der Waals surface area contributed by atoms with Crippen molar-refractivity contribution in [1.82, 2.24) is 9.21 Å². The number of ether oxygens (including phenoxy) is 3. The smallest absolute Gasteiger partial charge is 0.243 e. The second kappa shape index (κ2) is 9.39. The molecule has 2 heterocycles. The van der Waals surface area contributed by atoms with Crippen molar-refractivity contribution in [3.63, 3.8) is 0 Å². The fourth-order valence-corrected chi connectivity index (χ4v) is 5.02. The number of hydrogen-bond donors (Lipinski definition) is 1. The second-order valence-electron chi connectivity index (χ2n) is 7.41. The van der Waals surface area contributed by atoms with Gasteiger partial charge in [0.05, 0.1) is 4.90 Å². The summed E-state index contributed by atoms with van der Waals surface area (Å²) < 4.78 is 57.3. The van der Waals surface area contributed by atoms with Crippen molar-refractivity contribution in [2.75, 3.05) is 52.5 Å². The van der Waals surface area contributed by atoms with Crippen LogP contribution in [0, 0.1) is 5.82 Å². The molecule has 1 atom stereocenters. The molecule has 2 aromatic rings. The lowest BCUT2D eigenvalue weighted by atomic mass is 10.3. The minimum atomic E-state index is -3.66. The summed E-state index contributed by atoms with van der Waals surface area (Å²) in [4.78, 5) is 2.13. The van der Waals surface area contributed by atoms with Crippen LogP contribution >= 0.6 is 0 Å². The summed E-state index contributed by atoms with van der Waals surface area (Å²) in [6.07, 6.45) is -0.819. The monoisotopic (exact) mass is 452 g/mol. The van der Waals surface area contributed by atoms with E-state index in [4.69, 9.17) is 14.2 Å². The summed E-state index contributed by atoms with van der Waals surface area (Å²) in [5, 5.41) is 10.2. The summed E-state index contributed by atoms with van der Waals surface area (Å²) in [7, 11) is -3.66. The van der Waals surface area contributed by atoms with E-state index in [9.17, 15) is 17.9 Å². The first-order valence-corrected chi connectivity index (χ1v) is 11.5. The van der Waals surface area contributed by atoms with Crippen molar-refractivity contribution in [3.05, 3.63) is 48.3 Å². The maximum absolute atomic E-state index is 13.6. The van der Waals surface area contributed by atoms with E-state index >= 15 is 0 Å². The molecular formula is C21H25FN2O6S. The zero-order valence-corrected chi connectivity index (χ0v) is 17.8. The van der Waals surface area contributed by atoms with E-state index in [-0.39, 0.29) is 17.3 Å². The Morgan fingerprint density at radius 2 is 1.74 bits per heavy atom. The van der Waals surface area contributed by atoms with Crippen molar-refractivity contribution in [3.8, 4) is 17.2 Å². The number of hydrogen-bond acceptors (Lipinski definition) is 7. The predicted molar refractivity (Wildman–Crippen MR) is 111 cm³/mol. The zero-order valence-electron chi connectivity index (χ0n) is 16.9. The molecule has 2 aromatic carbocycles. The predicted octanol–water partition coefficient (Wildman–Crippen LogP) is 1.34. The van der Waals surface area contributed by atoms with Gasteiger partial charge in [-0.3, -0.25) is 4.90 Å². The normalized spacial score (nSPS) is 18.5. The molecular weight excluding hydrogens is 427 g/mol. The Morgan fingerprint density at radius 1 is 1.03 bits per heavy atom. The number of para-hydroxylation sites is 1. The molecule has 1 saturated heterocycles. The Balaban J connectivity index is 1.29. The summed E-state index contributed by atoms with van der Waals surface area (Å²) >= 11 is 0. The summed E-state index contributed by atoms with van der Waals surface area (Å²) in [5.41, 5.74) is 0. The molecule has 0 unspecified atom stereocenters. The van der Waals surface area contributed by atoms with E-state index in [1.165, 1.54) is 28.6 Å². The van der Waals surface area contributed by atoms with Crippen molar-refractivity contribution in [2.45, 2.75) is 11.0 Å². The summed E-state index contributed by atoms with van der Waals surface area (Å²) in [6, 6.07) is 10.7. The Kier molecular flexibility index (Phi) is 6.61. The molecule has 0 saturated carbocycles. The Morgan fingerprint density at radius 3 is 2.48 bits per heavy atom. The first-order valence-electron chi connectivity index (χ1n) is 10.1. The number of piperazine rings is 1. The van der Waals surface area contributed by atoms with E-state index in [1.54, 1.807) is 18.2 Å². The van der Waals surface area contributed by atoms with Crippen LogP contribution in [0.5, 0.6) is 17.2 Å². The van der Waals surface area contributed by atoms with E-state index < -0.39 is 21.9 Å². The van der Waals surface area contributed by atoms with E-state index in [0.717, 1.165) is 0 Å². The van der Waals surface area contributed by atoms with Gasteiger partial charge in [-0.05, 0) is 24.3 Å². The minimum Gasteiger partial charge on any atom is -0.488 e. The fourth-order valence-electron chi connectivity index (χ4n) is 3.58. The van der Waals surface area contributed by atoms with Gasteiger partial charge in [-0.1, -0.05) is 12.1 Å². The lowest BCUT2D eigenvalue weighted by molar-refractivity contribution is 0.0557. The zero-order chi connectivity index (χ0) is 21.8. The standard InChI is InChI=1S/C21H25FN2O6S/c22-18-3-1-2-4-19(18)30-15-16(25)14-23-7-9-24(10-8-23)31(26,27)17-5-6-20-21(13-17)29-12-11-28-20/h1-6,13,16,25H,7-12,14-15H2/t16-/m1/s1. The van der Waals surface area contributed by atoms with E-state index in [0.29, 0.717) is 57.4 Å². The van der Waals surface area contributed by atoms with E-state index in [1.807, 2.05) is 4.90 Å². The lowest BCUT2D eigenvalue weighted by Gasteiger charge is -2.35. The van der Waals surface area contributed by atoms with Gasteiger partial charge in [0.1, 0.15) is 25.9 Å². The van der Waals surface area contributed by atoms with Crippen LogP contribution in [-0.2, 0) is 10.0 Å². The van der Waals surface area contributed by atoms with Crippen molar-refractivity contribution < 1.29 is 32.1 Å². The lowest BCUT2D eigenvalue weighted by Crippen LogP contribution is -2.50. The molecule has 168 valence electrons. The van der Waals surface area contributed by atoms with Crippen molar-refractivity contribution >= 4 is 10.0 Å². The highest BCUT2D eigenvalue weighted by Crippen LogP contribution is 2.33. The molecule has 2 aliphatic heterocycles. The summed E-state index contributed by atoms with van der Waals surface area (Å²) in [6.45, 7) is 2.65. The van der Waals surface area contributed by atoms with Gasteiger partial charge in [-0.25, -0.2) is 12.8 Å². The van der Waals surface area contributed by atoms with Gasteiger partial charge in [0.25, 0.3) is 0 Å². The molecule has 31 heavy (non-hydrogen) atoms. The third-order valence-corrected chi connectivity index (χ3v) is 7.11. The van der Waals surface area contributed by atoms with Crippen LogP contribution in [0.4, 0.5) is 4.39 Å². The van der Waals surface area contributed by atoms with Crippen LogP contribution < -0.4 is 14.2 Å².